The van der Waals surface area contributed by atoms with Crippen molar-refractivity contribution in [3.63, 3.8) is 0 Å². The van der Waals surface area contributed by atoms with E-state index in [9.17, 15) is 4.79 Å². The van der Waals surface area contributed by atoms with E-state index in [0.29, 0.717) is 0 Å². The molecule has 2 rings (SSSR count). The highest BCUT2D eigenvalue weighted by Gasteiger charge is 2.19. The van der Waals surface area contributed by atoms with Crippen molar-refractivity contribution in [2.75, 3.05) is 13.1 Å². The largest absolute Gasteiger partial charge is 0.480 e. The Bertz CT molecular complexity index is 580. The van der Waals surface area contributed by atoms with Crippen molar-refractivity contribution in [3.8, 4) is 5.69 Å². The van der Waals surface area contributed by atoms with Gasteiger partial charge in [-0.15, -0.1) is 0 Å². The molecule has 0 amide bonds. The molecule has 1 aromatic heterocycles. The third-order valence-electron chi connectivity index (χ3n) is 3.50. The maximum Gasteiger partial charge on any atom is 0.317 e. The normalized spacial score (nSPS) is 12.5. The van der Waals surface area contributed by atoms with E-state index < -0.39 is 5.97 Å². The average molecular weight is 287 g/mol. The lowest BCUT2D eigenvalue weighted by atomic mass is 10.1. The molecule has 0 fully saturated rings. The lowest BCUT2D eigenvalue weighted by Gasteiger charge is -2.26. The first-order valence-electron chi connectivity index (χ1n) is 7.17. The topological polar surface area (TPSA) is 58.4 Å². The summed E-state index contributed by atoms with van der Waals surface area (Å²) in [6.07, 6.45) is 4.69. The molecule has 0 aliphatic rings. The van der Waals surface area contributed by atoms with Crippen molar-refractivity contribution < 1.29 is 9.90 Å². The lowest BCUT2D eigenvalue weighted by Crippen LogP contribution is -2.32. The van der Waals surface area contributed by atoms with Crippen LogP contribution in [-0.2, 0) is 4.79 Å². The quantitative estimate of drug-likeness (QED) is 0.850. The van der Waals surface area contributed by atoms with E-state index >= 15 is 0 Å². The number of carboxylic acid groups (broad SMARTS) is 1. The molecule has 1 N–H and O–H groups in total. The fourth-order valence-electron chi connectivity index (χ4n) is 2.36. The van der Waals surface area contributed by atoms with E-state index in [1.807, 2.05) is 59.2 Å². The predicted molar refractivity (Wildman–Crippen MR) is 81.5 cm³/mol. The molecular formula is C16H21N3O2. The van der Waals surface area contributed by atoms with E-state index in [-0.39, 0.29) is 12.6 Å². The van der Waals surface area contributed by atoms with E-state index in [4.69, 9.17) is 5.11 Å². The zero-order valence-electron chi connectivity index (χ0n) is 12.4. The Morgan fingerprint density at radius 1 is 1.38 bits per heavy atom. The van der Waals surface area contributed by atoms with E-state index in [1.165, 1.54) is 0 Å². The van der Waals surface area contributed by atoms with Gasteiger partial charge in [-0.3, -0.25) is 9.69 Å². The van der Waals surface area contributed by atoms with E-state index in [0.717, 1.165) is 24.2 Å². The third-order valence-corrected chi connectivity index (χ3v) is 3.50. The van der Waals surface area contributed by atoms with Crippen LogP contribution in [0.15, 0.2) is 42.7 Å². The van der Waals surface area contributed by atoms with Crippen molar-refractivity contribution in [2.24, 2.45) is 0 Å². The van der Waals surface area contributed by atoms with Crippen LogP contribution in [-0.4, -0.2) is 38.8 Å². The molecule has 2 aromatic rings. The molecule has 21 heavy (non-hydrogen) atoms. The molecule has 1 unspecified atom stereocenters. The fraction of sp³-hybridized carbons (Fsp3) is 0.375. The zero-order valence-corrected chi connectivity index (χ0v) is 12.4. The van der Waals surface area contributed by atoms with Gasteiger partial charge < -0.3 is 5.11 Å². The first kappa shape index (κ1) is 15.3. The standard InChI is InChI=1S/C16H21N3O2/c1-3-9-18(12-16(20)21)13(2)14-10-17-19(11-14)15-7-5-4-6-8-15/h4-8,10-11,13H,3,9,12H2,1-2H3,(H,20,21). The van der Waals surface area contributed by atoms with Gasteiger partial charge in [0.15, 0.2) is 0 Å². The molecule has 5 heteroatoms. The summed E-state index contributed by atoms with van der Waals surface area (Å²) in [6, 6.07) is 9.90. The maximum absolute atomic E-state index is 11.0. The molecule has 0 radical (unpaired) electrons. The number of aliphatic carboxylic acids is 1. The minimum atomic E-state index is -0.800. The van der Waals surface area contributed by atoms with Gasteiger partial charge in [-0.25, -0.2) is 4.68 Å². The highest BCUT2D eigenvalue weighted by molar-refractivity contribution is 5.69. The summed E-state index contributed by atoms with van der Waals surface area (Å²) in [5.74, 6) is -0.800. The highest BCUT2D eigenvalue weighted by atomic mass is 16.4. The number of hydrogen-bond acceptors (Lipinski definition) is 3. The number of hydrogen-bond donors (Lipinski definition) is 1. The molecule has 0 bridgehead atoms. The van der Waals surface area contributed by atoms with Gasteiger partial charge in [0.2, 0.25) is 0 Å². The average Bonchev–Trinajstić information content (AvgIpc) is 2.96. The molecule has 0 aliphatic heterocycles. The monoisotopic (exact) mass is 287 g/mol. The summed E-state index contributed by atoms with van der Waals surface area (Å²) in [5.41, 5.74) is 2.02. The first-order chi connectivity index (χ1) is 10.1. The summed E-state index contributed by atoms with van der Waals surface area (Å²) in [4.78, 5) is 12.9. The number of rotatable bonds is 7. The Labute approximate surface area is 124 Å². The van der Waals surface area contributed by atoms with Gasteiger partial charge in [-0.05, 0) is 32.0 Å². The predicted octanol–water partition coefficient (Wildman–Crippen LogP) is 2.73. The van der Waals surface area contributed by atoms with Crippen molar-refractivity contribution in [3.05, 3.63) is 48.3 Å². The molecule has 1 heterocycles. The second-order valence-corrected chi connectivity index (χ2v) is 5.09. The van der Waals surface area contributed by atoms with Crippen LogP contribution in [0.5, 0.6) is 0 Å². The third kappa shape index (κ3) is 3.92. The summed E-state index contributed by atoms with van der Waals surface area (Å²) in [6.45, 7) is 4.87. The van der Waals surface area contributed by atoms with Crippen molar-refractivity contribution >= 4 is 5.97 Å². The van der Waals surface area contributed by atoms with Crippen LogP contribution in [0.3, 0.4) is 0 Å². The Balaban J connectivity index is 2.17. The number of nitrogens with zero attached hydrogens (tertiary/aromatic N) is 3. The van der Waals surface area contributed by atoms with Gasteiger partial charge in [0, 0.05) is 17.8 Å². The minimum Gasteiger partial charge on any atom is -0.480 e. The fourth-order valence-corrected chi connectivity index (χ4v) is 2.36. The molecule has 1 atom stereocenters. The number of carboxylic acids is 1. The second-order valence-electron chi connectivity index (χ2n) is 5.09. The zero-order chi connectivity index (χ0) is 15.2. The number of para-hydroxylation sites is 1. The molecule has 0 spiro atoms. The lowest BCUT2D eigenvalue weighted by molar-refractivity contribution is -0.138. The van der Waals surface area contributed by atoms with Gasteiger partial charge >= 0.3 is 5.97 Å². The van der Waals surface area contributed by atoms with Crippen molar-refractivity contribution in [1.82, 2.24) is 14.7 Å². The molecule has 0 aliphatic carbocycles. The molecule has 112 valence electrons. The first-order valence-corrected chi connectivity index (χ1v) is 7.17. The van der Waals surface area contributed by atoms with Crippen LogP contribution < -0.4 is 0 Å². The molecule has 5 nitrogen and oxygen atoms in total. The summed E-state index contributed by atoms with van der Waals surface area (Å²) < 4.78 is 1.82. The minimum absolute atomic E-state index is 0.0264. The van der Waals surface area contributed by atoms with E-state index in [2.05, 4.69) is 12.0 Å². The highest BCUT2D eigenvalue weighted by Crippen LogP contribution is 2.21. The smallest absolute Gasteiger partial charge is 0.317 e. The molecule has 0 saturated heterocycles. The van der Waals surface area contributed by atoms with Crippen molar-refractivity contribution in [2.45, 2.75) is 26.3 Å². The van der Waals surface area contributed by atoms with Gasteiger partial charge in [0.05, 0.1) is 18.4 Å². The van der Waals surface area contributed by atoms with Gasteiger partial charge in [0.25, 0.3) is 0 Å². The Kier molecular flexibility index (Phi) is 5.11. The summed E-state index contributed by atoms with van der Waals surface area (Å²) >= 11 is 0. The summed E-state index contributed by atoms with van der Waals surface area (Å²) in [7, 11) is 0. The Morgan fingerprint density at radius 2 is 2.10 bits per heavy atom. The number of aromatic nitrogens is 2. The van der Waals surface area contributed by atoms with Gasteiger partial charge in [-0.1, -0.05) is 25.1 Å². The van der Waals surface area contributed by atoms with Gasteiger partial charge in [-0.2, -0.15) is 5.10 Å². The number of benzene rings is 1. The van der Waals surface area contributed by atoms with Crippen LogP contribution in [0.2, 0.25) is 0 Å². The molecule has 0 saturated carbocycles. The molecular weight excluding hydrogens is 266 g/mol. The maximum atomic E-state index is 11.0. The van der Waals surface area contributed by atoms with Crippen LogP contribution in [0.4, 0.5) is 0 Å². The SMILES string of the molecule is CCCN(CC(=O)O)C(C)c1cnn(-c2ccccc2)c1. The van der Waals surface area contributed by atoms with Crippen LogP contribution in [0.25, 0.3) is 5.69 Å². The van der Waals surface area contributed by atoms with Crippen molar-refractivity contribution in [1.29, 1.82) is 0 Å². The van der Waals surface area contributed by atoms with Gasteiger partial charge in [0.1, 0.15) is 0 Å². The molecule has 1 aromatic carbocycles. The summed E-state index contributed by atoms with van der Waals surface area (Å²) in [5, 5.41) is 13.4. The van der Waals surface area contributed by atoms with E-state index in [1.54, 1.807) is 0 Å². The Morgan fingerprint density at radius 3 is 2.71 bits per heavy atom. The van der Waals surface area contributed by atoms with Crippen LogP contribution >= 0.6 is 0 Å². The van der Waals surface area contributed by atoms with Crippen LogP contribution in [0.1, 0.15) is 31.9 Å². The van der Waals surface area contributed by atoms with Crippen LogP contribution in [0, 0.1) is 0 Å². The number of carbonyl (C=O) groups is 1. The second kappa shape index (κ2) is 7.04. The Hall–Kier alpha value is -2.14.